The Hall–Kier alpha value is -1.95. The number of benzene rings is 1. The highest BCUT2D eigenvalue weighted by Crippen LogP contribution is 2.38. The van der Waals surface area contributed by atoms with Crippen LogP contribution < -0.4 is 0 Å². The van der Waals surface area contributed by atoms with Crippen molar-refractivity contribution in [3.8, 4) is 0 Å². The number of amides is 3. The standard InChI is InChI=1S/C20H22ClFN2O3/c21-16-6-3-7-17(22)15(16)10-23(12-8-9-12)18(25)11-24-19(26)13-4-1-2-5-14(13)20(24)27/h3,6-7,12-14H,1-2,4-5,8-11H2. The van der Waals surface area contributed by atoms with Crippen molar-refractivity contribution in [3.63, 3.8) is 0 Å². The van der Waals surface area contributed by atoms with E-state index in [0.29, 0.717) is 0 Å². The predicted octanol–water partition coefficient (Wildman–Crippen LogP) is 3.15. The molecule has 5 nitrogen and oxygen atoms in total. The fourth-order valence-corrected chi connectivity index (χ4v) is 4.50. The van der Waals surface area contributed by atoms with E-state index in [-0.39, 0.29) is 59.3 Å². The predicted molar refractivity (Wildman–Crippen MR) is 97.2 cm³/mol. The Bertz CT molecular complexity index is 751. The Labute approximate surface area is 162 Å². The third-order valence-electron chi connectivity index (χ3n) is 5.92. The Morgan fingerprint density at radius 3 is 2.30 bits per heavy atom. The maximum absolute atomic E-state index is 14.1. The molecular weight excluding hydrogens is 371 g/mol. The fraction of sp³-hybridized carbons (Fsp3) is 0.550. The van der Waals surface area contributed by atoms with Crippen LogP contribution in [0.2, 0.25) is 5.02 Å². The second-order valence-electron chi connectivity index (χ2n) is 7.71. The molecule has 0 spiro atoms. The van der Waals surface area contributed by atoms with Gasteiger partial charge in [-0.3, -0.25) is 19.3 Å². The molecule has 3 amide bonds. The van der Waals surface area contributed by atoms with Gasteiger partial charge < -0.3 is 4.90 Å². The number of rotatable bonds is 5. The summed E-state index contributed by atoms with van der Waals surface area (Å²) in [5.74, 6) is -1.77. The van der Waals surface area contributed by atoms with Crippen molar-refractivity contribution in [2.75, 3.05) is 6.54 Å². The number of hydrogen-bond donors (Lipinski definition) is 0. The summed E-state index contributed by atoms with van der Waals surface area (Å²) < 4.78 is 14.1. The zero-order chi connectivity index (χ0) is 19.1. The topological polar surface area (TPSA) is 57.7 Å². The van der Waals surface area contributed by atoms with Crippen LogP contribution in [0.25, 0.3) is 0 Å². The summed E-state index contributed by atoms with van der Waals surface area (Å²) in [6.45, 7) is -0.203. The Morgan fingerprint density at radius 1 is 1.11 bits per heavy atom. The number of carbonyl (C=O) groups excluding carboxylic acids is 3. The number of fused-ring (bicyclic) bond motifs is 1. The van der Waals surface area contributed by atoms with Crippen LogP contribution in [-0.2, 0) is 20.9 Å². The van der Waals surface area contributed by atoms with Gasteiger partial charge in [-0.1, -0.05) is 30.5 Å². The zero-order valence-electron chi connectivity index (χ0n) is 15.0. The van der Waals surface area contributed by atoms with Crippen molar-refractivity contribution in [1.29, 1.82) is 0 Å². The quantitative estimate of drug-likeness (QED) is 0.723. The normalized spacial score (nSPS) is 24.9. The lowest BCUT2D eigenvalue weighted by Crippen LogP contribution is -2.44. The van der Waals surface area contributed by atoms with Gasteiger partial charge >= 0.3 is 0 Å². The lowest BCUT2D eigenvalue weighted by atomic mass is 9.81. The maximum Gasteiger partial charge on any atom is 0.243 e. The molecule has 1 aromatic rings. The van der Waals surface area contributed by atoms with E-state index in [0.717, 1.165) is 43.4 Å². The van der Waals surface area contributed by atoms with Crippen LogP contribution in [0.4, 0.5) is 4.39 Å². The lowest BCUT2D eigenvalue weighted by molar-refractivity contribution is -0.147. The van der Waals surface area contributed by atoms with Gasteiger partial charge in [0, 0.05) is 16.6 Å². The molecular formula is C20H22ClFN2O3. The maximum atomic E-state index is 14.1. The smallest absolute Gasteiger partial charge is 0.243 e. The monoisotopic (exact) mass is 392 g/mol. The van der Waals surface area contributed by atoms with Gasteiger partial charge in [0.25, 0.3) is 0 Å². The van der Waals surface area contributed by atoms with Crippen LogP contribution in [0, 0.1) is 17.7 Å². The largest absolute Gasteiger partial charge is 0.334 e. The van der Waals surface area contributed by atoms with E-state index < -0.39 is 5.82 Å². The first-order valence-corrected chi connectivity index (χ1v) is 9.92. The van der Waals surface area contributed by atoms with Gasteiger partial charge in [-0.15, -0.1) is 0 Å². The zero-order valence-corrected chi connectivity index (χ0v) is 15.8. The number of likely N-dealkylation sites (tertiary alicyclic amines) is 1. The van der Waals surface area contributed by atoms with Gasteiger partial charge in [-0.05, 0) is 37.8 Å². The number of hydrogen-bond acceptors (Lipinski definition) is 3. The van der Waals surface area contributed by atoms with Crippen LogP contribution in [0.1, 0.15) is 44.1 Å². The number of carbonyl (C=O) groups is 3. The molecule has 1 aliphatic heterocycles. The SMILES string of the molecule is O=C1C2CCCCC2C(=O)N1CC(=O)N(Cc1c(F)cccc1Cl)C1CC1. The summed E-state index contributed by atoms with van der Waals surface area (Å²) in [6, 6.07) is 4.44. The van der Waals surface area contributed by atoms with E-state index in [2.05, 4.69) is 0 Å². The van der Waals surface area contributed by atoms with Crippen LogP contribution >= 0.6 is 11.6 Å². The molecule has 2 unspecified atom stereocenters. The summed E-state index contributed by atoms with van der Waals surface area (Å²) >= 11 is 6.11. The van der Waals surface area contributed by atoms with Gasteiger partial charge in [0.15, 0.2) is 0 Å². The van der Waals surface area contributed by atoms with Gasteiger partial charge in [0.05, 0.1) is 18.4 Å². The van der Waals surface area contributed by atoms with Crippen molar-refractivity contribution in [1.82, 2.24) is 9.80 Å². The Morgan fingerprint density at radius 2 is 1.74 bits per heavy atom. The average Bonchev–Trinajstić information content (AvgIpc) is 3.46. The van der Waals surface area contributed by atoms with Crippen molar-refractivity contribution in [2.45, 2.75) is 51.1 Å². The summed E-state index contributed by atoms with van der Waals surface area (Å²) in [5.41, 5.74) is 0.271. The van der Waals surface area contributed by atoms with Crippen LogP contribution in [0.3, 0.4) is 0 Å². The molecule has 0 aromatic heterocycles. The first kappa shape index (κ1) is 18.4. The molecule has 3 aliphatic rings. The molecule has 1 saturated heterocycles. The highest BCUT2D eigenvalue weighted by atomic mass is 35.5. The van der Waals surface area contributed by atoms with E-state index in [1.807, 2.05) is 0 Å². The molecule has 0 N–H and O–H groups in total. The minimum atomic E-state index is -0.458. The van der Waals surface area contributed by atoms with Gasteiger partial charge in [-0.25, -0.2) is 4.39 Å². The summed E-state index contributed by atoms with van der Waals surface area (Å²) in [6.07, 6.45) is 5.01. The highest BCUT2D eigenvalue weighted by Gasteiger charge is 2.49. The lowest BCUT2D eigenvalue weighted by Gasteiger charge is -2.25. The second kappa shape index (κ2) is 7.23. The minimum absolute atomic E-state index is 0.0169. The molecule has 27 heavy (non-hydrogen) atoms. The van der Waals surface area contributed by atoms with Gasteiger partial charge in [0.2, 0.25) is 17.7 Å². The Balaban J connectivity index is 1.50. The molecule has 2 atom stereocenters. The molecule has 2 aliphatic carbocycles. The second-order valence-corrected chi connectivity index (χ2v) is 8.12. The molecule has 0 bridgehead atoms. The van der Waals surface area contributed by atoms with E-state index >= 15 is 0 Å². The van der Waals surface area contributed by atoms with Crippen molar-refractivity contribution >= 4 is 29.3 Å². The van der Waals surface area contributed by atoms with Crippen molar-refractivity contribution in [3.05, 3.63) is 34.6 Å². The van der Waals surface area contributed by atoms with E-state index in [4.69, 9.17) is 11.6 Å². The highest BCUT2D eigenvalue weighted by molar-refractivity contribution is 6.31. The third kappa shape index (κ3) is 3.47. The van der Waals surface area contributed by atoms with Crippen LogP contribution in [-0.4, -0.2) is 40.1 Å². The molecule has 7 heteroatoms. The van der Waals surface area contributed by atoms with E-state index in [9.17, 15) is 18.8 Å². The number of imide groups is 1. The number of nitrogens with zero attached hydrogens (tertiary/aromatic N) is 2. The van der Waals surface area contributed by atoms with Crippen LogP contribution in [0.15, 0.2) is 18.2 Å². The van der Waals surface area contributed by atoms with Gasteiger partial charge in [0.1, 0.15) is 12.4 Å². The molecule has 1 heterocycles. The van der Waals surface area contributed by atoms with E-state index in [1.165, 1.54) is 12.1 Å². The minimum Gasteiger partial charge on any atom is -0.334 e. The average molecular weight is 393 g/mol. The Kier molecular flexibility index (Phi) is 4.93. The van der Waals surface area contributed by atoms with Gasteiger partial charge in [-0.2, -0.15) is 0 Å². The molecule has 2 saturated carbocycles. The first-order valence-electron chi connectivity index (χ1n) is 9.55. The summed E-state index contributed by atoms with van der Waals surface area (Å²) in [4.78, 5) is 40.8. The summed E-state index contributed by atoms with van der Waals surface area (Å²) in [7, 11) is 0. The molecule has 0 radical (unpaired) electrons. The molecule has 4 rings (SSSR count). The third-order valence-corrected chi connectivity index (χ3v) is 6.28. The van der Waals surface area contributed by atoms with Crippen molar-refractivity contribution in [2.24, 2.45) is 11.8 Å². The van der Waals surface area contributed by atoms with Crippen LogP contribution in [0.5, 0.6) is 0 Å². The number of halogens is 2. The molecule has 1 aromatic carbocycles. The summed E-state index contributed by atoms with van der Waals surface area (Å²) in [5, 5.41) is 0.271. The first-order chi connectivity index (χ1) is 13.0. The molecule has 3 fully saturated rings. The van der Waals surface area contributed by atoms with E-state index in [1.54, 1.807) is 11.0 Å². The van der Waals surface area contributed by atoms with Crippen molar-refractivity contribution < 1.29 is 18.8 Å². The molecule has 144 valence electrons. The fourth-order valence-electron chi connectivity index (χ4n) is 4.27.